The van der Waals surface area contributed by atoms with Crippen LogP contribution in [0.15, 0.2) is 12.1 Å². The first kappa shape index (κ1) is 14.9. The Morgan fingerprint density at radius 2 is 1.95 bits per heavy atom. The third-order valence-corrected chi connectivity index (χ3v) is 4.38. The molecular weight excluding hydrogens is 252 g/mol. The summed E-state index contributed by atoms with van der Waals surface area (Å²) in [4.78, 5) is 12.6. The minimum absolute atomic E-state index is 0.0556. The fourth-order valence-corrected chi connectivity index (χ4v) is 3.06. The highest BCUT2D eigenvalue weighted by Crippen LogP contribution is 2.38. The van der Waals surface area contributed by atoms with Crippen LogP contribution in [0.1, 0.15) is 43.2 Å². The van der Waals surface area contributed by atoms with Crippen molar-refractivity contribution in [3.05, 3.63) is 23.3 Å². The van der Waals surface area contributed by atoms with Gasteiger partial charge in [0.2, 0.25) is 5.91 Å². The molecular formula is C16H24N2O2. The molecule has 1 saturated carbocycles. The fourth-order valence-electron chi connectivity index (χ4n) is 3.06. The molecule has 20 heavy (non-hydrogen) atoms. The Labute approximate surface area is 120 Å². The average Bonchev–Trinajstić information content (AvgIpc) is 2.44. The second-order valence-corrected chi connectivity index (χ2v) is 5.98. The average molecular weight is 276 g/mol. The van der Waals surface area contributed by atoms with Crippen LogP contribution in [-0.2, 0) is 4.79 Å². The maximum absolute atomic E-state index is 12.6. The predicted octanol–water partition coefficient (Wildman–Crippen LogP) is 2.86. The van der Waals surface area contributed by atoms with Gasteiger partial charge in [-0.1, -0.05) is 25.3 Å². The first-order chi connectivity index (χ1) is 9.48. The number of aromatic hydroxyl groups is 1. The molecule has 0 saturated heterocycles. The molecule has 110 valence electrons. The van der Waals surface area contributed by atoms with E-state index in [1.807, 2.05) is 19.9 Å². The molecule has 2 rings (SSSR count). The summed E-state index contributed by atoms with van der Waals surface area (Å²) in [6.45, 7) is 4.14. The summed E-state index contributed by atoms with van der Waals surface area (Å²) in [6.07, 6.45) is 4.93. The number of carbonyl (C=O) groups excluding carboxylic acids is 1. The Bertz CT molecular complexity index is 505. The predicted molar refractivity (Wildman–Crippen MR) is 80.8 cm³/mol. The highest BCUT2D eigenvalue weighted by Gasteiger charge is 2.38. The highest BCUT2D eigenvalue weighted by molar-refractivity contribution is 5.97. The summed E-state index contributed by atoms with van der Waals surface area (Å²) in [6, 6.07) is 3.69. The number of carbonyl (C=O) groups is 1. The van der Waals surface area contributed by atoms with Gasteiger partial charge in [0.15, 0.2) is 0 Å². The number of rotatable bonds is 3. The molecule has 1 aliphatic rings. The van der Waals surface area contributed by atoms with E-state index in [0.717, 1.165) is 36.8 Å². The normalized spacial score (nSPS) is 17.8. The van der Waals surface area contributed by atoms with E-state index in [0.29, 0.717) is 12.2 Å². The second-order valence-electron chi connectivity index (χ2n) is 5.98. The molecule has 1 aromatic carbocycles. The maximum atomic E-state index is 12.6. The third kappa shape index (κ3) is 2.80. The summed E-state index contributed by atoms with van der Waals surface area (Å²) in [7, 11) is 0. The zero-order valence-electron chi connectivity index (χ0n) is 12.3. The molecule has 4 heteroatoms. The molecule has 0 radical (unpaired) electrons. The largest absolute Gasteiger partial charge is 0.505 e. The number of anilines is 1. The van der Waals surface area contributed by atoms with Crippen LogP contribution in [-0.4, -0.2) is 17.6 Å². The Balaban J connectivity index is 2.22. The van der Waals surface area contributed by atoms with Crippen LogP contribution >= 0.6 is 0 Å². The summed E-state index contributed by atoms with van der Waals surface area (Å²) >= 11 is 0. The van der Waals surface area contributed by atoms with Gasteiger partial charge < -0.3 is 16.2 Å². The van der Waals surface area contributed by atoms with Gasteiger partial charge in [-0.05, 0) is 43.9 Å². The summed E-state index contributed by atoms with van der Waals surface area (Å²) in [5, 5.41) is 13.0. The van der Waals surface area contributed by atoms with Gasteiger partial charge in [0.05, 0.1) is 11.1 Å². The minimum atomic E-state index is -0.470. The zero-order valence-corrected chi connectivity index (χ0v) is 12.3. The lowest BCUT2D eigenvalue weighted by Crippen LogP contribution is -2.43. The van der Waals surface area contributed by atoms with E-state index >= 15 is 0 Å². The van der Waals surface area contributed by atoms with Gasteiger partial charge in [0, 0.05) is 6.54 Å². The monoisotopic (exact) mass is 276 g/mol. The van der Waals surface area contributed by atoms with Gasteiger partial charge in [-0.3, -0.25) is 4.79 Å². The van der Waals surface area contributed by atoms with E-state index < -0.39 is 5.41 Å². The van der Waals surface area contributed by atoms with Crippen molar-refractivity contribution in [2.24, 2.45) is 11.1 Å². The van der Waals surface area contributed by atoms with E-state index in [9.17, 15) is 9.90 Å². The van der Waals surface area contributed by atoms with Crippen LogP contribution in [0, 0.1) is 19.3 Å². The molecule has 1 amide bonds. The number of benzene rings is 1. The molecule has 1 aromatic rings. The summed E-state index contributed by atoms with van der Waals surface area (Å²) in [5.74, 6) is 0.0898. The van der Waals surface area contributed by atoms with Crippen LogP contribution in [0.2, 0.25) is 0 Å². The topological polar surface area (TPSA) is 75.3 Å². The van der Waals surface area contributed by atoms with E-state index in [1.54, 1.807) is 6.07 Å². The second kappa shape index (κ2) is 5.83. The van der Waals surface area contributed by atoms with Crippen LogP contribution in [0.3, 0.4) is 0 Å². The minimum Gasteiger partial charge on any atom is -0.505 e. The first-order valence-corrected chi connectivity index (χ1v) is 7.30. The standard InChI is InChI=1S/C16H24N2O2/c1-11-8-12(2)14(19)13(9-11)18-15(20)16(10-17)6-4-3-5-7-16/h8-9,19H,3-7,10,17H2,1-2H3,(H,18,20). The van der Waals surface area contributed by atoms with Crippen molar-refractivity contribution in [2.75, 3.05) is 11.9 Å². The fraction of sp³-hybridized carbons (Fsp3) is 0.562. The van der Waals surface area contributed by atoms with Crippen LogP contribution < -0.4 is 11.1 Å². The number of hydrogen-bond acceptors (Lipinski definition) is 3. The summed E-state index contributed by atoms with van der Waals surface area (Å²) in [5.41, 5.74) is 7.67. The number of phenols is 1. The van der Waals surface area contributed by atoms with Crippen LogP contribution in [0.5, 0.6) is 5.75 Å². The number of hydrogen-bond donors (Lipinski definition) is 3. The van der Waals surface area contributed by atoms with Gasteiger partial charge in [-0.2, -0.15) is 0 Å². The number of amides is 1. The smallest absolute Gasteiger partial charge is 0.231 e. The molecule has 0 atom stereocenters. The van der Waals surface area contributed by atoms with Gasteiger partial charge in [0.25, 0.3) is 0 Å². The molecule has 0 bridgehead atoms. The Morgan fingerprint density at radius 1 is 1.30 bits per heavy atom. The molecule has 4 nitrogen and oxygen atoms in total. The molecule has 1 fully saturated rings. The van der Waals surface area contributed by atoms with Crippen molar-refractivity contribution >= 4 is 11.6 Å². The lowest BCUT2D eigenvalue weighted by atomic mass is 9.73. The van der Waals surface area contributed by atoms with E-state index in [4.69, 9.17) is 5.73 Å². The summed E-state index contributed by atoms with van der Waals surface area (Å²) < 4.78 is 0. The Morgan fingerprint density at radius 3 is 2.55 bits per heavy atom. The van der Waals surface area contributed by atoms with Crippen molar-refractivity contribution in [1.82, 2.24) is 0 Å². The van der Waals surface area contributed by atoms with E-state index in [1.165, 1.54) is 6.42 Å². The number of nitrogens with one attached hydrogen (secondary N) is 1. The van der Waals surface area contributed by atoms with E-state index in [2.05, 4.69) is 5.32 Å². The molecule has 0 spiro atoms. The lowest BCUT2D eigenvalue weighted by Gasteiger charge is -2.34. The molecule has 0 unspecified atom stereocenters. The number of aryl methyl sites for hydroxylation is 2. The van der Waals surface area contributed by atoms with Gasteiger partial charge in [0.1, 0.15) is 5.75 Å². The van der Waals surface area contributed by atoms with Crippen LogP contribution in [0.25, 0.3) is 0 Å². The molecule has 4 N–H and O–H groups in total. The van der Waals surface area contributed by atoms with Crippen molar-refractivity contribution in [3.8, 4) is 5.75 Å². The number of nitrogens with two attached hydrogens (primary N) is 1. The van der Waals surface area contributed by atoms with Crippen molar-refractivity contribution in [3.63, 3.8) is 0 Å². The Kier molecular flexibility index (Phi) is 4.33. The van der Waals surface area contributed by atoms with E-state index in [-0.39, 0.29) is 11.7 Å². The van der Waals surface area contributed by atoms with Gasteiger partial charge in [-0.25, -0.2) is 0 Å². The SMILES string of the molecule is Cc1cc(C)c(O)c(NC(=O)C2(CN)CCCCC2)c1. The highest BCUT2D eigenvalue weighted by atomic mass is 16.3. The zero-order chi connectivity index (χ0) is 14.8. The first-order valence-electron chi connectivity index (χ1n) is 7.30. The number of phenolic OH excluding ortho intramolecular Hbond substituents is 1. The molecule has 0 heterocycles. The lowest BCUT2D eigenvalue weighted by molar-refractivity contribution is -0.126. The van der Waals surface area contributed by atoms with Crippen LogP contribution in [0.4, 0.5) is 5.69 Å². The quantitative estimate of drug-likeness (QED) is 0.743. The van der Waals surface area contributed by atoms with Crippen molar-refractivity contribution in [2.45, 2.75) is 46.0 Å². The van der Waals surface area contributed by atoms with Crippen molar-refractivity contribution in [1.29, 1.82) is 0 Å². The maximum Gasteiger partial charge on any atom is 0.231 e. The Hall–Kier alpha value is -1.55. The molecule has 1 aliphatic carbocycles. The third-order valence-electron chi connectivity index (χ3n) is 4.38. The molecule has 0 aromatic heterocycles. The van der Waals surface area contributed by atoms with Crippen molar-refractivity contribution < 1.29 is 9.90 Å². The van der Waals surface area contributed by atoms with Gasteiger partial charge in [-0.15, -0.1) is 0 Å². The molecule has 0 aliphatic heterocycles. The van der Waals surface area contributed by atoms with Gasteiger partial charge >= 0.3 is 0 Å².